The van der Waals surface area contributed by atoms with E-state index in [2.05, 4.69) is 22.6 Å². The fraction of sp³-hybridized carbons (Fsp3) is 0.167. The zero-order valence-electron chi connectivity index (χ0n) is 8.52. The number of allylic oxidation sites excluding steroid dienone is 1. The van der Waals surface area contributed by atoms with Crippen molar-refractivity contribution in [2.45, 2.75) is 0 Å². The first-order valence-electron chi connectivity index (χ1n) is 4.92. The van der Waals surface area contributed by atoms with Crippen LogP contribution in [0.1, 0.15) is 20.7 Å². The first-order valence-corrected chi connectivity index (χ1v) is 6.44. The topological polar surface area (TPSA) is 37.4 Å². The van der Waals surface area contributed by atoms with E-state index in [9.17, 15) is 9.59 Å². The number of hydrogen-bond donors (Lipinski definition) is 0. The molecule has 1 aliphatic rings. The summed E-state index contributed by atoms with van der Waals surface area (Å²) < 4.78 is 0.876. The Labute approximate surface area is 107 Å². The van der Waals surface area contributed by atoms with Crippen LogP contribution >= 0.6 is 22.6 Å². The van der Waals surface area contributed by atoms with E-state index in [4.69, 9.17) is 0 Å². The molecule has 3 nitrogen and oxygen atoms in total. The predicted octanol–water partition coefficient (Wildman–Crippen LogP) is 2.27. The molecule has 0 spiro atoms. The van der Waals surface area contributed by atoms with Crippen molar-refractivity contribution in [3.63, 3.8) is 0 Å². The van der Waals surface area contributed by atoms with Crippen molar-refractivity contribution in [1.29, 1.82) is 0 Å². The summed E-state index contributed by atoms with van der Waals surface area (Å²) in [5, 5.41) is 0. The highest BCUT2D eigenvalue weighted by Crippen LogP contribution is 2.21. The average Bonchev–Trinajstić information content (AvgIpc) is 2.55. The number of halogens is 1. The molecule has 0 radical (unpaired) electrons. The Morgan fingerprint density at radius 1 is 1.06 bits per heavy atom. The normalized spacial score (nSPS) is 14.9. The minimum atomic E-state index is -0.196. The first-order chi connectivity index (χ1) is 7.75. The van der Waals surface area contributed by atoms with Crippen molar-refractivity contribution in [3.05, 3.63) is 47.5 Å². The van der Waals surface area contributed by atoms with E-state index in [-0.39, 0.29) is 11.8 Å². The van der Waals surface area contributed by atoms with Gasteiger partial charge in [-0.15, -0.1) is 0 Å². The molecular formula is C12H10INO2. The molecule has 1 heterocycles. The summed E-state index contributed by atoms with van der Waals surface area (Å²) in [6, 6.07) is 6.93. The summed E-state index contributed by atoms with van der Waals surface area (Å²) in [5.74, 6) is -0.391. The summed E-state index contributed by atoms with van der Waals surface area (Å²) in [7, 11) is 0. The van der Waals surface area contributed by atoms with Crippen LogP contribution in [0.4, 0.5) is 0 Å². The van der Waals surface area contributed by atoms with E-state index in [0.717, 1.165) is 4.43 Å². The fourth-order valence-corrected chi connectivity index (χ4v) is 2.01. The third-order valence-electron chi connectivity index (χ3n) is 2.42. The fourth-order valence-electron chi connectivity index (χ4n) is 1.65. The number of nitrogens with zero attached hydrogens (tertiary/aromatic N) is 1. The van der Waals surface area contributed by atoms with E-state index in [1.807, 2.05) is 12.2 Å². The van der Waals surface area contributed by atoms with Gasteiger partial charge in [0.05, 0.1) is 11.1 Å². The number of carbonyl (C=O) groups is 2. The number of benzene rings is 1. The second-order valence-electron chi connectivity index (χ2n) is 3.39. The minimum absolute atomic E-state index is 0.196. The van der Waals surface area contributed by atoms with Gasteiger partial charge in [0, 0.05) is 11.0 Å². The maximum atomic E-state index is 11.9. The molecule has 0 N–H and O–H groups in total. The van der Waals surface area contributed by atoms with E-state index < -0.39 is 0 Å². The van der Waals surface area contributed by atoms with Gasteiger partial charge >= 0.3 is 0 Å². The monoisotopic (exact) mass is 327 g/mol. The number of carbonyl (C=O) groups excluding carboxylic acids is 2. The largest absolute Gasteiger partial charge is 0.270 e. The summed E-state index contributed by atoms with van der Waals surface area (Å²) in [4.78, 5) is 25.0. The summed E-state index contributed by atoms with van der Waals surface area (Å²) in [5.41, 5.74) is 1.02. The molecule has 2 amide bonds. The Kier molecular flexibility index (Phi) is 3.38. The quantitative estimate of drug-likeness (QED) is 0.370. The Balaban J connectivity index is 2.25. The first kappa shape index (κ1) is 11.3. The van der Waals surface area contributed by atoms with Gasteiger partial charge in [0.1, 0.15) is 0 Å². The zero-order chi connectivity index (χ0) is 11.5. The Bertz CT molecular complexity index is 433. The molecule has 0 atom stereocenters. The minimum Gasteiger partial charge on any atom is -0.270 e. The molecule has 2 rings (SSSR count). The lowest BCUT2D eigenvalue weighted by Crippen LogP contribution is -2.29. The third-order valence-corrected chi connectivity index (χ3v) is 2.93. The van der Waals surface area contributed by atoms with Gasteiger partial charge in [-0.05, 0) is 12.1 Å². The number of imide groups is 1. The van der Waals surface area contributed by atoms with Crippen LogP contribution in [0.5, 0.6) is 0 Å². The van der Waals surface area contributed by atoms with Gasteiger partial charge in [0.15, 0.2) is 0 Å². The van der Waals surface area contributed by atoms with Gasteiger partial charge in [0.2, 0.25) is 0 Å². The lowest BCUT2D eigenvalue weighted by molar-refractivity contribution is 0.0672. The van der Waals surface area contributed by atoms with Gasteiger partial charge < -0.3 is 0 Å². The van der Waals surface area contributed by atoms with Crippen LogP contribution in [-0.4, -0.2) is 27.7 Å². The number of hydrogen-bond acceptors (Lipinski definition) is 2. The third kappa shape index (κ3) is 1.89. The lowest BCUT2D eigenvalue weighted by Gasteiger charge is -2.09. The molecule has 0 fully saturated rings. The van der Waals surface area contributed by atoms with E-state index in [0.29, 0.717) is 17.7 Å². The van der Waals surface area contributed by atoms with E-state index in [1.54, 1.807) is 24.3 Å². The molecule has 0 unspecified atom stereocenters. The van der Waals surface area contributed by atoms with Crippen LogP contribution in [0.2, 0.25) is 0 Å². The molecule has 4 heteroatoms. The molecule has 82 valence electrons. The summed E-state index contributed by atoms with van der Waals surface area (Å²) in [6.45, 7) is 0.356. The Hall–Kier alpha value is -1.17. The Morgan fingerprint density at radius 3 is 2.12 bits per heavy atom. The molecule has 0 saturated heterocycles. The van der Waals surface area contributed by atoms with Crippen LogP contribution in [0.3, 0.4) is 0 Å². The van der Waals surface area contributed by atoms with Crippen molar-refractivity contribution < 1.29 is 9.59 Å². The van der Waals surface area contributed by atoms with Gasteiger partial charge in [-0.3, -0.25) is 14.5 Å². The highest BCUT2D eigenvalue weighted by molar-refractivity contribution is 14.1. The number of fused-ring (bicyclic) bond motifs is 1. The second-order valence-corrected chi connectivity index (χ2v) is 4.27. The van der Waals surface area contributed by atoms with E-state index >= 15 is 0 Å². The highest BCUT2D eigenvalue weighted by atomic mass is 127. The SMILES string of the molecule is O=C1c2ccccc2C(=O)N1C/C=C/CI. The van der Waals surface area contributed by atoms with Crippen LogP contribution in [0.15, 0.2) is 36.4 Å². The molecule has 1 aromatic rings. The second kappa shape index (κ2) is 4.78. The van der Waals surface area contributed by atoms with Crippen molar-refractivity contribution >= 4 is 34.4 Å². The predicted molar refractivity (Wildman–Crippen MR) is 69.8 cm³/mol. The number of amides is 2. The standard InChI is InChI=1S/C12H10INO2/c13-7-3-4-8-14-11(15)9-5-1-2-6-10(9)12(14)16/h1-6H,7-8H2/b4-3+. The van der Waals surface area contributed by atoms with Gasteiger partial charge in [-0.2, -0.15) is 0 Å². The average molecular weight is 327 g/mol. The molecule has 0 aliphatic carbocycles. The van der Waals surface area contributed by atoms with Crippen molar-refractivity contribution in [1.82, 2.24) is 4.90 Å². The molecule has 16 heavy (non-hydrogen) atoms. The van der Waals surface area contributed by atoms with Crippen LogP contribution in [0, 0.1) is 0 Å². The Morgan fingerprint density at radius 2 is 1.62 bits per heavy atom. The molecular weight excluding hydrogens is 317 g/mol. The maximum absolute atomic E-state index is 11.9. The molecule has 0 aromatic heterocycles. The van der Waals surface area contributed by atoms with E-state index in [1.165, 1.54) is 4.90 Å². The molecule has 1 aromatic carbocycles. The maximum Gasteiger partial charge on any atom is 0.261 e. The van der Waals surface area contributed by atoms with Crippen molar-refractivity contribution in [2.75, 3.05) is 11.0 Å². The smallest absolute Gasteiger partial charge is 0.261 e. The van der Waals surface area contributed by atoms with Crippen LogP contribution < -0.4 is 0 Å². The zero-order valence-corrected chi connectivity index (χ0v) is 10.7. The van der Waals surface area contributed by atoms with Crippen molar-refractivity contribution in [3.8, 4) is 0 Å². The van der Waals surface area contributed by atoms with Crippen LogP contribution in [-0.2, 0) is 0 Å². The highest BCUT2D eigenvalue weighted by Gasteiger charge is 2.33. The van der Waals surface area contributed by atoms with Gasteiger partial charge in [0.25, 0.3) is 11.8 Å². The van der Waals surface area contributed by atoms with Gasteiger partial charge in [-0.1, -0.05) is 46.9 Å². The molecule has 0 bridgehead atoms. The summed E-state index contributed by atoms with van der Waals surface area (Å²) >= 11 is 2.21. The number of alkyl halides is 1. The van der Waals surface area contributed by atoms with Crippen LogP contribution in [0.25, 0.3) is 0 Å². The van der Waals surface area contributed by atoms with Crippen molar-refractivity contribution in [2.24, 2.45) is 0 Å². The number of rotatable bonds is 3. The lowest BCUT2D eigenvalue weighted by atomic mass is 10.1. The van der Waals surface area contributed by atoms with Gasteiger partial charge in [-0.25, -0.2) is 0 Å². The molecule has 1 aliphatic heterocycles. The summed E-state index contributed by atoms with van der Waals surface area (Å²) in [6.07, 6.45) is 3.78. The molecule has 0 saturated carbocycles.